The van der Waals surface area contributed by atoms with E-state index in [2.05, 4.69) is 48.5 Å². The number of imide groups is 1. The highest BCUT2D eigenvalue weighted by Gasteiger charge is 2.63. The summed E-state index contributed by atoms with van der Waals surface area (Å²) in [7, 11) is 0. The van der Waals surface area contributed by atoms with Crippen LogP contribution in [0.1, 0.15) is 27.8 Å². The molecular weight excluding hydrogens is 464 g/mol. The molecule has 2 aliphatic carbocycles. The lowest BCUT2D eigenvalue weighted by Gasteiger charge is -2.22. The molecule has 6 nitrogen and oxygen atoms in total. The molecule has 2 bridgehead atoms. The van der Waals surface area contributed by atoms with Crippen LogP contribution in [0.15, 0.2) is 84.5 Å². The van der Waals surface area contributed by atoms with Gasteiger partial charge in [-0.2, -0.15) is 0 Å². The van der Waals surface area contributed by atoms with Crippen LogP contribution >= 0.6 is 0 Å². The smallest absolute Gasteiger partial charge is 0.274 e. The van der Waals surface area contributed by atoms with Gasteiger partial charge in [-0.05, 0) is 54.7 Å². The Kier molecular flexibility index (Phi) is 5.23. The Balaban J connectivity index is 1.49. The number of carbonyl (C=O) groups excluding carboxylic acids is 2. The molecule has 2 amide bonds. The van der Waals surface area contributed by atoms with Gasteiger partial charge in [-0.15, -0.1) is 0 Å². The minimum Gasteiger partial charge on any atom is -0.274 e. The minimum atomic E-state index is -0.565. The van der Waals surface area contributed by atoms with Crippen molar-refractivity contribution < 1.29 is 14.5 Å². The van der Waals surface area contributed by atoms with Crippen LogP contribution in [0.3, 0.4) is 0 Å². The van der Waals surface area contributed by atoms with E-state index in [0.717, 1.165) is 38.3 Å². The predicted molar refractivity (Wildman–Crippen MR) is 142 cm³/mol. The van der Waals surface area contributed by atoms with Crippen molar-refractivity contribution in [2.24, 2.45) is 23.7 Å². The number of carbonyl (C=O) groups is 2. The van der Waals surface area contributed by atoms with Crippen molar-refractivity contribution in [3.05, 3.63) is 122 Å². The van der Waals surface area contributed by atoms with Crippen LogP contribution in [0.4, 0.5) is 11.4 Å². The Morgan fingerprint density at radius 1 is 0.730 bits per heavy atom. The summed E-state index contributed by atoms with van der Waals surface area (Å²) >= 11 is 0. The number of hydrogen-bond acceptors (Lipinski definition) is 4. The van der Waals surface area contributed by atoms with Crippen LogP contribution in [0.2, 0.25) is 0 Å². The Labute approximate surface area is 215 Å². The molecule has 0 radical (unpaired) electrons. The molecule has 3 aromatic carbocycles. The fourth-order valence-electron chi connectivity index (χ4n) is 6.24. The Hall–Kier alpha value is -4.32. The normalized spacial score (nSPS) is 23.6. The van der Waals surface area contributed by atoms with Crippen molar-refractivity contribution in [1.82, 2.24) is 0 Å². The van der Waals surface area contributed by atoms with Crippen molar-refractivity contribution in [3.8, 4) is 0 Å². The van der Waals surface area contributed by atoms with Crippen LogP contribution < -0.4 is 4.90 Å². The molecule has 2 fully saturated rings. The molecular formula is C31H26N2O4. The molecule has 1 heterocycles. The molecule has 184 valence electrons. The second kappa shape index (κ2) is 8.37. The van der Waals surface area contributed by atoms with E-state index >= 15 is 0 Å². The summed E-state index contributed by atoms with van der Waals surface area (Å²) < 4.78 is 0. The first kappa shape index (κ1) is 23.1. The molecule has 1 saturated heterocycles. The molecule has 1 aliphatic heterocycles. The summed E-state index contributed by atoms with van der Waals surface area (Å²) in [5.74, 6) is -2.32. The summed E-state index contributed by atoms with van der Waals surface area (Å²) in [6, 6.07) is 21.3. The van der Waals surface area contributed by atoms with Crippen molar-refractivity contribution in [3.63, 3.8) is 0 Å². The number of nitro benzene ring substituents is 1. The van der Waals surface area contributed by atoms with E-state index in [9.17, 15) is 19.7 Å². The topological polar surface area (TPSA) is 80.5 Å². The summed E-state index contributed by atoms with van der Waals surface area (Å²) in [5.41, 5.74) is 7.08. The van der Waals surface area contributed by atoms with Crippen molar-refractivity contribution in [2.45, 2.75) is 20.8 Å². The first-order valence-electron chi connectivity index (χ1n) is 12.5. The maximum absolute atomic E-state index is 13.8. The Morgan fingerprint density at radius 3 is 1.65 bits per heavy atom. The second-order valence-corrected chi connectivity index (χ2v) is 10.3. The van der Waals surface area contributed by atoms with E-state index in [4.69, 9.17) is 0 Å². The lowest BCUT2D eigenvalue weighted by Crippen LogP contribution is -2.33. The first-order valence-corrected chi connectivity index (χ1v) is 12.5. The summed E-state index contributed by atoms with van der Waals surface area (Å²) in [6.07, 6.45) is 4.09. The third-order valence-electron chi connectivity index (χ3n) is 7.95. The lowest BCUT2D eigenvalue weighted by molar-refractivity contribution is -0.384. The van der Waals surface area contributed by atoms with E-state index in [-0.39, 0.29) is 35.0 Å². The molecule has 0 N–H and O–H groups in total. The molecule has 0 spiro atoms. The van der Waals surface area contributed by atoms with Crippen LogP contribution in [-0.2, 0) is 9.59 Å². The standard InChI is InChI=1S/C31H26N2O4/c1-17-4-9-20(10-5-17)26(21-11-6-18(2)7-12-21)27-22-13-14-23(27)29-28(22)30(34)32(31(29)35)24-15-8-19(3)16-25(24)33(36)37/h4-16,22-23,28-29H,1-3H3/t22-,23-,28-,29+/m1/s1. The molecule has 37 heavy (non-hydrogen) atoms. The number of nitro groups is 1. The first-order chi connectivity index (χ1) is 17.8. The quantitative estimate of drug-likeness (QED) is 0.196. The van der Waals surface area contributed by atoms with Gasteiger partial charge in [0, 0.05) is 17.9 Å². The number of benzene rings is 3. The Morgan fingerprint density at radius 2 is 1.19 bits per heavy atom. The van der Waals surface area contributed by atoms with Gasteiger partial charge in [0.25, 0.3) is 5.69 Å². The van der Waals surface area contributed by atoms with Gasteiger partial charge in [0.15, 0.2) is 0 Å². The zero-order valence-electron chi connectivity index (χ0n) is 20.8. The fraction of sp³-hybridized carbons (Fsp3) is 0.226. The molecule has 0 unspecified atom stereocenters. The van der Waals surface area contributed by atoms with Gasteiger partial charge in [0.1, 0.15) is 5.69 Å². The van der Waals surface area contributed by atoms with Crippen LogP contribution in [0.5, 0.6) is 0 Å². The van der Waals surface area contributed by atoms with E-state index in [1.54, 1.807) is 13.0 Å². The maximum atomic E-state index is 13.8. The van der Waals surface area contributed by atoms with Gasteiger partial charge in [-0.3, -0.25) is 19.7 Å². The third-order valence-corrected chi connectivity index (χ3v) is 7.95. The zero-order valence-corrected chi connectivity index (χ0v) is 20.8. The van der Waals surface area contributed by atoms with Gasteiger partial charge in [-0.1, -0.05) is 77.9 Å². The average Bonchev–Trinajstić information content (AvgIpc) is 3.51. The van der Waals surface area contributed by atoms with E-state index in [1.807, 2.05) is 26.0 Å². The number of amides is 2. The predicted octanol–water partition coefficient (Wildman–Crippen LogP) is 5.94. The van der Waals surface area contributed by atoms with Crippen LogP contribution in [0, 0.1) is 54.6 Å². The van der Waals surface area contributed by atoms with E-state index < -0.39 is 16.8 Å². The molecule has 3 aliphatic rings. The SMILES string of the molecule is Cc1ccc(C(=C2[C@H]3C=C[C@H]2[C@H]2C(=O)N(c4ccc(C)cc4[N+](=O)[O-])C(=O)[C@H]23)c2ccc(C)cc2)cc1. The van der Waals surface area contributed by atoms with E-state index in [0.29, 0.717) is 5.56 Å². The third kappa shape index (κ3) is 3.47. The van der Waals surface area contributed by atoms with Crippen molar-refractivity contribution in [2.75, 3.05) is 4.90 Å². The highest BCUT2D eigenvalue weighted by molar-refractivity contribution is 6.24. The largest absolute Gasteiger partial charge is 0.293 e. The minimum absolute atomic E-state index is 0.0576. The second-order valence-electron chi connectivity index (χ2n) is 10.3. The number of fused-ring (bicyclic) bond motifs is 5. The zero-order chi connectivity index (χ0) is 26.0. The molecule has 6 heteroatoms. The average molecular weight is 491 g/mol. The van der Waals surface area contributed by atoms with Gasteiger partial charge in [0.05, 0.1) is 16.8 Å². The van der Waals surface area contributed by atoms with Crippen molar-refractivity contribution >= 4 is 28.8 Å². The van der Waals surface area contributed by atoms with Crippen LogP contribution in [-0.4, -0.2) is 16.7 Å². The Bertz CT molecular complexity index is 1450. The number of allylic oxidation sites excluding steroid dienone is 3. The summed E-state index contributed by atoms with van der Waals surface area (Å²) in [6.45, 7) is 5.84. The van der Waals surface area contributed by atoms with Gasteiger partial charge < -0.3 is 0 Å². The van der Waals surface area contributed by atoms with Gasteiger partial charge >= 0.3 is 0 Å². The number of rotatable bonds is 4. The monoisotopic (exact) mass is 490 g/mol. The van der Waals surface area contributed by atoms with Gasteiger partial charge in [-0.25, -0.2) is 4.90 Å². The number of anilines is 1. The van der Waals surface area contributed by atoms with E-state index in [1.165, 1.54) is 12.1 Å². The fourth-order valence-corrected chi connectivity index (χ4v) is 6.24. The van der Waals surface area contributed by atoms with Gasteiger partial charge in [0.2, 0.25) is 11.8 Å². The summed E-state index contributed by atoms with van der Waals surface area (Å²) in [4.78, 5) is 39.9. The van der Waals surface area contributed by atoms with Crippen LogP contribution in [0.25, 0.3) is 5.57 Å². The molecule has 3 aromatic rings. The number of aryl methyl sites for hydroxylation is 3. The number of hydrogen-bond donors (Lipinski definition) is 0. The van der Waals surface area contributed by atoms with Crippen molar-refractivity contribution in [1.29, 1.82) is 0 Å². The highest BCUT2D eigenvalue weighted by atomic mass is 16.6. The molecule has 4 atom stereocenters. The number of nitrogens with zero attached hydrogens (tertiary/aromatic N) is 2. The maximum Gasteiger partial charge on any atom is 0.293 e. The highest BCUT2D eigenvalue weighted by Crippen LogP contribution is 2.59. The molecule has 1 saturated carbocycles. The lowest BCUT2D eigenvalue weighted by atomic mass is 9.85. The molecule has 0 aromatic heterocycles. The summed E-state index contributed by atoms with van der Waals surface area (Å²) in [5, 5.41) is 11.8. The molecule has 6 rings (SSSR count).